The smallest absolute Gasteiger partial charge is 0.0547 e. The number of rotatable bonds is 5. The van der Waals surface area contributed by atoms with Crippen molar-refractivity contribution in [2.24, 2.45) is 0 Å². The van der Waals surface area contributed by atoms with Gasteiger partial charge in [-0.1, -0.05) is 127 Å². The van der Waals surface area contributed by atoms with Crippen molar-refractivity contribution in [1.82, 2.24) is 13.7 Å². The number of hydrogen-bond donors (Lipinski definition) is 0. The molecule has 0 atom stereocenters. The molecule has 9 aromatic carbocycles. The van der Waals surface area contributed by atoms with Gasteiger partial charge in [0.25, 0.3) is 0 Å². The molecule has 0 aliphatic heterocycles. The molecule has 0 saturated carbocycles. The van der Waals surface area contributed by atoms with Gasteiger partial charge in [0.1, 0.15) is 0 Å². The standard InChI is InChI=1S/C54H35N3/c1-4-16-36(17-5-1)44-34-48-43-24-12-14-26-50(43)56(39-20-8-3-9-21-39)54(48)35-45(44)37-28-30-52-46(32-37)41-22-10-15-27-51(41)57(52)40-29-31-53-47(33-40)42-23-11-13-25-49(42)55(53)38-18-6-2-7-19-38/h1-35H. The molecule has 12 rings (SSSR count). The number of para-hydroxylation sites is 5. The van der Waals surface area contributed by atoms with Crippen molar-refractivity contribution in [3.05, 3.63) is 212 Å². The van der Waals surface area contributed by atoms with Gasteiger partial charge < -0.3 is 13.7 Å². The van der Waals surface area contributed by atoms with Crippen molar-refractivity contribution in [3.8, 4) is 39.3 Å². The highest BCUT2D eigenvalue weighted by atomic mass is 15.0. The average Bonchev–Trinajstić information content (AvgIpc) is 3.92. The molecule has 0 saturated heterocycles. The second-order valence-electron chi connectivity index (χ2n) is 14.9. The molecule has 0 radical (unpaired) electrons. The number of aromatic nitrogens is 3. The van der Waals surface area contributed by atoms with Crippen molar-refractivity contribution in [2.45, 2.75) is 0 Å². The topological polar surface area (TPSA) is 14.8 Å². The number of fused-ring (bicyclic) bond motifs is 9. The maximum Gasteiger partial charge on any atom is 0.0547 e. The molecular weight excluding hydrogens is 691 g/mol. The van der Waals surface area contributed by atoms with E-state index in [1.807, 2.05) is 0 Å². The van der Waals surface area contributed by atoms with E-state index in [4.69, 9.17) is 0 Å². The van der Waals surface area contributed by atoms with Crippen LogP contribution in [0.2, 0.25) is 0 Å². The Bertz CT molecular complexity index is 3500. The Balaban J connectivity index is 1.11. The van der Waals surface area contributed by atoms with Gasteiger partial charge in [-0.05, 0) is 107 Å². The predicted octanol–water partition coefficient (Wildman–Crippen LogP) is 14.3. The van der Waals surface area contributed by atoms with Gasteiger partial charge in [-0.15, -0.1) is 0 Å². The minimum absolute atomic E-state index is 1.15. The van der Waals surface area contributed by atoms with Crippen LogP contribution in [0.25, 0.3) is 105 Å². The van der Waals surface area contributed by atoms with Crippen LogP contribution in [0.15, 0.2) is 212 Å². The van der Waals surface area contributed by atoms with Gasteiger partial charge in [0.15, 0.2) is 0 Å². The monoisotopic (exact) mass is 725 g/mol. The molecule has 0 N–H and O–H groups in total. The molecule has 3 heterocycles. The molecule has 12 aromatic rings. The Kier molecular flexibility index (Phi) is 6.93. The Labute approximate surface area is 329 Å². The first kappa shape index (κ1) is 31.7. The van der Waals surface area contributed by atoms with Crippen LogP contribution >= 0.6 is 0 Å². The lowest BCUT2D eigenvalue weighted by molar-refractivity contribution is 1.17. The quantitative estimate of drug-likeness (QED) is 0.168. The van der Waals surface area contributed by atoms with Gasteiger partial charge in [0.2, 0.25) is 0 Å². The fourth-order valence-electron chi connectivity index (χ4n) is 9.34. The van der Waals surface area contributed by atoms with E-state index in [0.717, 1.165) is 17.1 Å². The first-order valence-electron chi connectivity index (χ1n) is 19.6. The normalized spacial score (nSPS) is 11.9. The summed E-state index contributed by atoms with van der Waals surface area (Å²) >= 11 is 0. The largest absolute Gasteiger partial charge is 0.309 e. The summed E-state index contributed by atoms with van der Waals surface area (Å²) in [5, 5.41) is 7.46. The third-order valence-electron chi connectivity index (χ3n) is 11.8. The number of benzene rings is 9. The van der Waals surface area contributed by atoms with Gasteiger partial charge in [-0.25, -0.2) is 0 Å². The highest BCUT2D eigenvalue weighted by Crippen LogP contribution is 2.43. The van der Waals surface area contributed by atoms with Crippen molar-refractivity contribution >= 4 is 65.4 Å². The van der Waals surface area contributed by atoms with Crippen molar-refractivity contribution in [3.63, 3.8) is 0 Å². The third kappa shape index (κ3) is 4.79. The minimum atomic E-state index is 1.15. The molecule has 0 fully saturated rings. The van der Waals surface area contributed by atoms with E-state index < -0.39 is 0 Å². The maximum atomic E-state index is 2.44. The highest BCUT2D eigenvalue weighted by Gasteiger charge is 2.20. The summed E-state index contributed by atoms with van der Waals surface area (Å²) in [4.78, 5) is 0. The predicted molar refractivity (Wildman–Crippen MR) is 240 cm³/mol. The second kappa shape index (κ2) is 12.5. The van der Waals surface area contributed by atoms with Gasteiger partial charge >= 0.3 is 0 Å². The summed E-state index contributed by atoms with van der Waals surface area (Å²) in [6.45, 7) is 0. The van der Waals surface area contributed by atoms with E-state index in [9.17, 15) is 0 Å². The molecular formula is C54H35N3. The van der Waals surface area contributed by atoms with Crippen LogP contribution in [0, 0.1) is 0 Å². The Morgan fingerprint density at radius 3 is 1.19 bits per heavy atom. The first-order chi connectivity index (χ1) is 28.3. The van der Waals surface area contributed by atoms with E-state index in [-0.39, 0.29) is 0 Å². The molecule has 0 unspecified atom stereocenters. The van der Waals surface area contributed by atoms with E-state index in [0.29, 0.717) is 0 Å². The van der Waals surface area contributed by atoms with Crippen LogP contribution in [0.1, 0.15) is 0 Å². The van der Waals surface area contributed by atoms with Gasteiger partial charge in [-0.2, -0.15) is 0 Å². The average molecular weight is 726 g/mol. The van der Waals surface area contributed by atoms with Crippen molar-refractivity contribution in [2.75, 3.05) is 0 Å². The Hall–Kier alpha value is -7.62. The third-order valence-corrected chi connectivity index (χ3v) is 11.8. The van der Waals surface area contributed by atoms with Gasteiger partial charge in [0.05, 0.1) is 33.1 Å². The summed E-state index contributed by atoms with van der Waals surface area (Å²) in [6, 6.07) is 77.5. The minimum Gasteiger partial charge on any atom is -0.309 e. The molecule has 0 amide bonds. The Morgan fingerprint density at radius 1 is 0.211 bits per heavy atom. The lowest BCUT2D eigenvalue weighted by atomic mass is 9.92. The van der Waals surface area contributed by atoms with Crippen LogP contribution in [0.3, 0.4) is 0 Å². The molecule has 3 nitrogen and oxygen atoms in total. The SMILES string of the molecule is c1ccc(-c2cc3c4ccccc4n(-c4ccccc4)c3cc2-c2ccc3c(c2)c2ccccc2n3-c2ccc3c(c2)c2ccccc2n3-c2ccccc2)cc1. The van der Waals surface area contributed by atoms with E-state index in [1.165, 1.54) is 87.7 Å². The maximum absolute atomic E-state index is 2.44. The summed E-state index contributed by atoms with van der Waals surface area (Å²) in [6.07, 6.45) is 0. The zero-order valence-corrected chi connectivity index (χ0v) is 31.0. The molecule has 266 valence electrons. The van der Waals surface area contributed by atoms with Crippen LogP contribution in [-0.2, 0) is 0 Å². The van der Waals surface area contributed by atoms with Gasteiger partial charge in [-0.3, -0.25) is 0 Å². The van der Waals surface area contributed by atoms with Crippen LogP contribution in [0.4, 0.5) is 0 Å². The number of nitrogens with zero attached hydrogens (tertiary/aromatic N) is 3. The van der Waals surface area contributed by atoms with E-state index >= 15 is 0 Å². The highest BCUT2D eigenvalue weighted by molar-refractivity contribution is 6.15. The fraction of sp³-hybridized carbons (Fsp3) is 0. The van der Waals surface area contributed by atoms with E-state index in [2.05, 4.69) is 226 Å². The molecule has 3 aromatic heterocycles. The molecule has 0 aliphatic carbocycles. The lowest BCUT2D eigenvalue weighted by Crippen LogP contribution is -1.96. The summed E-state index contributed by atoms with van der Waals surface area (Å²) in [5.41, 5.74) is 15.5. The number of hydrogen-bond acceptors (Lipinski definition) is 0. The molecule has 0 bridgehead atoms. The molecule has 0 spiro atoms. The van der Waals surface area contributed by atoms with Gasteiger partial charge in [0, 0.05) is 49.4 Å². The van der Waals surface area contributed by atoms with Crippen LogP contribution in [0.5, 0.6) is 0 Å². The lowest BCUT2D eigenvalue weighted by Gasteiger charge is -2.14. The van der Waals surface area contributed by atoms with Crippen molar-refractivity contribution < 1.29 is 0 Å². The zero-order chi connectivity index (χ0) is 37.5. The molecule has 3 heteroatoms. The van der Waals surface area contributed by atoms with Crippen LogP contribution < -0.4 is 0 Å². The summed E-state index contributed by atoms with van der Waals surface area (Å²) in [5.74, 6) is 0. The fourth-order valence-corrected chi connectivity index (χ4v) is 9.34. The Morgan fingerprint density at radius 2 is 0.614 bits per heavy atom. The van der Waals surface area contributed by atoms with E-state index in [1.54, 1.807) is 0 Å². The summed E-state index contributed by atoms with van der Waals surface area (Å²) < 4.78 is 7.24. The summed E-state index contributed by atoms with van der Waals surface area (Å²) in [7, 11) is 0. The molecule has 0 aliphatic rings. The first-order valence-corrected chi connectivity index (χ1v) is 19.6. The van der Waals surface area contributed by atoms with Crippen LogP contribution in [-0.4, -0.2) is 13.7 Å². The van der Waals surface area contributed by atoms with Crippen molar-refractivity contribution in [1.29, 1.82) is 0 Å². The zero-order valence-electron chi connectivity index (χ0n) is 31.0. The second-order valence-corrected chi connectivity index (χ2v) is 14.9. The molecule has 57 heavy (non-hydrogen) atoms.